The third-order valence-corrected chi connectivity index (χ3v) is 5.11. The number of carbonyl (C=O) groups is 2. The Labute approximate surface area is 157 Å². The first-order chi connectivity index (χ1) is 12.4. The van der Waals surface area contributed by atoms with Gasteiger partial charge in [-0.05, 0) is 31.9 Å². The molecule has 1 unspecified atom stereocenters. The average Bonchev–Trinajstić information content (AvgIpc) is 2.60. The van der Waals surface area contributed by atoms with E-state index in [2.05, 4.69) is 30.1 Å². The van der Waals surface area contributed by atoms with Crippen LogP contribution in [0.25, 0.3) is 0 Å². The number of benzene rings is 1. The Hall–Kier alpha value is -1.88. The van der Waals surface area contributed by atoms with Gasteiger partial charge >= 0.3 is 0 Å². The largest absolute Gasteiger partial charge is 0.355 e. The Morgan fingerprint density at radius 1 is 1.08 bits per heavy atom. The van der Waals surface area contributed by atoms with Crippen molar-refractivity contribution >= 4 is 11.8 Å². The first-order valence-electron chi connectivity index (χ1n) is 9.75. The molecule has 2 rings (SSSR count). The number of nitrogens with one attached hydrogen (secondary N) is 1. The maximum Gasteiger partial charge on any atom is 0.253 e. The molecule has 1 aliphatic heterocycles. The monoisotopic (exact) mass is 359 g/mol. The highest BCUT2D eigenvalue weighted by atomic mass is 16.2. The maximum absolute atomic E-state index is 12.7. The zero-order chi connectivity index (χ0) is 19.1. The predicted molar refractivity (Wildman–Crippen MR) is 105 cm³/mol. The predicted octanol–water partition coefficient (Wildman–Crippen LogP) is 2.61. The minimum absolute atomic E-state index is 0.123. The lowest BCUT2D eigenvalue weighted by Gasteiger charge is -2.34. The molecule has 1 saturated heterocycles. The van der Waals surface area contributed by atoms with E-state index in [-0.39, 0.29) is 11.8 Å². The van der Waals surface area contributed by atoms with E-state index in [0.29, 0.717) is 18.9 Å². The number of rotatable bonds is 7. The molecule has 1 N–H and O–H groups in total. The second kappa shape index (κ2) is 9.72. The smallest absolute Gasteiger partial charge is 0.253 e. The van der Waals surface area contributed by atoms with Gasteiger partial charge in [0.15, 0.2) is 0 Å². The fourth-order valence-electron chi connectivity index (χ4n) is 3.34. The van der Waals surface area contributed by atoms with Crippen LogP contribution in [0.1, 0.15) is 48.2 Å². The Morgan fingerprint density at radius 3 is 2.27 bits per heavy atom. The number of nitrogens with zero attached hydrogens (tertiary/aromatic N) is 2. The molecule has 0 spiro atoms. The number of hydrogen-bond donors (Lipinski definition) is 1. The number of hydrogen-bond acceptors (Lipinski definition) is 3. The fraction of sp³-hybridized carbons (Fsp3) is 0.619. The van der Waals surface area contributed by atoms with E-state index >= 15 is 0 Å². The van der Waals surface area contributed by atoms with Crippen LogP contribution in [0.2, 0.25) is 0 Å². The van der Waals surface area contributed by atoms with Gasteiger partial charge in [-0.3, -0.25) is 14.5 Å². The topological polar surface area (TPSA) is 52.7 Å². The molecular weight excluding hydrogens is 326 g/mol. The van der Waals surface area contributed by atoms with E-state index in [1.807, 2.05) is 30.9 Å². The minimum Gasteiger partial charge on any atom is -0.355 e. The van der Waals surface area contributed by atoms with Crippen LogP contribution < -0.4 is 5.32 Å². The van der Waals surface area contributed by atoms with Gasteiger partial charge in [0, 0.05) is 51.3 Å². The molecule has 5 nitrogen and oxygen atoms in total. The molecule has 0 radical (unpaired) electrons. The van der Waals surface area contributed by atoms with Gasteiger partial charge in [0.2, 0.25) is 5.91 Å². The van der Waals surface area contributed by atoms with E-state index in [9.17, 15) is 9.59 Å². The second-order valence-electron chi connectivity index (χ2n) is 7.58. The standard InChI is InChI=1S/C21H33N3O2/c1-5-16(2)15-20(25)22-6-7-23-8-10-24(11-9-23)21(26)19-13-17(3)12-18(4)14-19/h12-14,16H,5-11,15H2,1-4H3,(H,22,25). The van der Waals surface area contributed by atoms with Crippen molar-refractivity contribution in [3.8, 4) is 0 Å². The highest BCUT2D eigenvalue weighted by Crippen LogP contribution is 2.13. The third kappa shape index (κ3) is 6.13. The minimum atomic E-state index is 0.123. The Bertz CT molecular complexity index is 601. The average molecular weight is 360 g/mol. The zero-order valence-electron chi connectivity index (χ0n) is 16.7. The number of carbonyl (C=O) groups excluding carboxylic acids is 2. The number of piperazine rings is 1. The summed E-state index contributed by atoms with van der Waals surface area (Å²) in [6, 6.07) is 6.02. The molecule has 5 heteroatoms. The van der Waals surface area contributed by atoms with Crippen LogP contribution in [-0.2, 0) is 4.79 Å². The lowest BCUT2D eigenvalue weighted by atomic mass is 10.1. The van der Waals surface area contributed by atoms with Gasteiger partial charge in [0.25, 0.3) is 5.91 Å². The molecule has 0 saturated carbocycles. The Kier molecular flexibility index (Phi) is 7.64. The molecule has 0 aromatic heterocycles. The summed E-state index contributed by atoms with van der Waals surface area (Å²) in [5, 5.41) is 3.01. The summed E-state index contributed by atoms with van der Waals surface area (Å²) in [7, 11) is 0. The molecule has 1 atom stereocenters. The lowest BCUT2D eigenvalue weighted by molar-refractivity contribution is -0.121. The van der Waals surface area contributed by atoms with Crippen molar-refractivity contribution in [2.24, 2.45) is 5.92 Å². The highest BCUT2D eigenvalue weighted by molar-refractivity contribution is 5.94. The van der Waals surface area contributed by atoms with Gasteiger partial charge < -0.3 is 10.2 Å². The van der Waals surface area contributed by atoms with E-state index < -0.39 is 0 Å². The first kappa shape index (κ1) is 20.4. The maximum atomic E-state index is 12.7. The summed E-state index contributed by atoms with van der Waals surface area (Å²) < 4.78 is 0. The quantitative estimate of drug-likeness (QED) is 0.814. The molecule has 1 aromatic rings. The molecule has 1 aliphatic rings. The molecule has 26 heavy (non-hydrogen) atoms. The van der Waals surface area contributed by atoms with Gasteiger partial charge in [-0.1, -0.05) is 37.5 Å². The van der Waals surface area contributed by atoms with Gasteiger partial charge in [0.1, 0.15) is 0 Å². The molecule has 0 bridgehead atoms. The van der Waals surface area contributed by atoms with Gasteiger partial charge in [-0.25, -0.2) is 0 Å². The molecule has 1 fully saturated rings. The van der Waals surface area contributed by atoms with Crippen molar-refractivity contribution in [2.45, 2.75) is 40.5 Å². The van der Waals surface area contributed by atoms with Gasteiger partial charge in [0.05, 0.1) is 0 Å². The van der Waals surface area contributed by atoms with Crippen molar-refractivity contribution in [3.05, 3.63) is 34.9 Å². The molecular formula is C21H33N3O2. The SMILES string of the molecule is CCC(C)CC(=O)NCCN1CCN(C(=O)c2cc(C)cc(C)c2)CC1. The van der Waals surface area contributed by atoms with Gasteiger partial charge in [-0.2, -0.15) is 0 Å². The normalized spacial score (nSPS) is 16.4. The van der Waals surface area contributed by atoms with Crippen molar-refractivity contribution in [1.29, 1.82) is 0 Å². The lowest BCUT2D eigenvalue weighted by Crippen LogP contribution is -2.50. The Balaban J connectivity index is 1.73. The van der Waals surface area contributed by atoms with E-state index in [1.54, 1.807) is 0 Å². The van der Waals surface area contributed by atoms with E-state index in [1.165, 1.54) is 0 Å². The van der Waals surface area contributed by atoms with Crippen LogP contribution >= 0.6 is 0 Å². The molecule has 1 heterocycles. The van der Waals surface area contributed by atoms with Crippen LogP contribution in [0, 0.1) is 19.8 Å². The fourth-order valence-corrected chi connectivity index (χ4v) is 3.34. The number of aryl methyl sites for hydroxylation is 2. The summed E-state index contributed by atoms with van der Waals surface area (Å²) >= 11 is 0. The van der Waals surface area contributed by atoms with Crippen molar-refractivity contribution < 1.29 is 9.59 Å². The first-order valence-corrected chi connectivity index (χ1v) is 9.75. The summed E-state index contributed by atoms with van der Waals surface area (Å²) in [4.78, 5) is 28.8. The Morgan fingerprint density at radius 2 is 1.69 bits per heavy atom. The molecule has 2 amide bonds. The molecule has 0 aliphatic carbocycles. The second-order valence-corrected chi connectivity index (χ2v) is 7.58. The van der Waals surface area contributed by atoms with E-state index in [0.717, 1.165) is 55.8 Å². The van der Waals surface area contributed by atoms with Crippen LogP contribution in [0.4, 0.5) is 0 Å². The summed E-state index contributed by atoms with van der Waals surface area (Å²) in [6.07, 6.45) is 1.64. The van der Waals surface area contributed by atoms with Crippen molar-refractivity contribution in [2.75, 3.05) is 39.3 Å². The van der Waals surface area contributed by atoms with Crippen LogP contribution in [0.5, 0.6) is 0 Å². The number of amides is 2. The van der Waals surface area contributed by atoms with Crippen LogP contribution in [0.3, 0.4) is 0 Å². The third-order valence-electron chi connectivity index (χ3n) is 5.11. The molecule has 144 valence electrons. The highest BCUT2D eigenvalue weighted by Gasteiger charge is 2.22. The van der Waals surface area contributed by atoms with E-state index in [4.69, 9.17) is 0 Å². The van der Waals surface area contributed by atoms with Crippen LogP contribution in [-0.4, -0.2) is 60.9 Å². The van der Waals surface area contributed by atoms with Crippen molar-refractivity contribution in [1.82, 2.24) is 15.1 Å². The molecule has 1 aromatic carbocycles. The van der Waals surface area contributed by atoms with Crippen LogP contribution in [0.15, 0.2) is 18.2 Å². The van der Waals surface area contributed by atoms with Crippen molar-refractivity contribution in [3.63, 3.8) is 0 Å². The summed E-state index contributed by atoms with van der Waals surface area (Å²) in [6.45, 7) is 13.0. The summed E-state index contributed by atoms with van der Waals surface area (Å²) in [5.74, 6) is 0.705. The zero-order valence-corrected chi connectivity index (χ0v) is 16.7. The van der Waals surface area contributed by atoms with Gasteiger partial charge in [-0.15, -0.1) is 0 Å². The summed E-state index contributed by atoms with van der Waals surface area (Å²) in [5.41, 5.74) is 3.04.